The van der Waals surface area contributed by atoms with Crippen LogP contribution in [0.3, 0.4) is 0 Å². The Morgan fingerprint density at radius 1 is 1.48 bits per heavy atom. The molecule has 1 aromatic rings. The Labute approximate surface area is 129 Å². The zero-order valence-electron chi connectivity index (χ0n) is 12.4. The lowest BCUT2D eigenvalue weighted by Crippen LogP contribution is -2.15. The van der Waals surface area contributed by atoms with Crippen LogP contribution in [-0.2, 0) is 14.3 Å². The molecule has 1 aromatic carbocycles. The first-order valence-electron chi connectivity index (χ1n) is 7.03. The van der Waals surface area contributed by atoms with E-state index in [0.717, 1.165) is 11.1 Å². The van der Waals surface area contributed by atoms with Crippen LogP contribution in [0.1, 0.15) is 43.7 Å². The monoisotopic (exact) mass is 310 g/mol. The van der Waals surface area contributed by atoms with Crippen molar-refractivity contribution in [1.82, 2.24) is 0 Å². The van der Waals surface area contributed by atoms with Crippen molar-refractivity contribution in [2.45, 2.75) is 39.5 Å². The first kappa shape index (κ1) is 15.8. The van der Waals surface area contributed by atoms with E-state index in [9.17, 15) is 9.59 Å². The van der Waals surface area contributed by atoms with Crippen molar-refractivity contribution in [2.75, 3.05) is 6.61 Å². The molecule has 0 spiro atoms. The number of aryl methyl sites for hydroxylation is 1. The second-order valence-electron chi connectivity index (χ2n) is 5.73. The maximum atomic E-state index is 12.0. The lowest BCUT2D eigenvalue weighted by Gasteiger charge is -2.14. The molecule has 1 aliphatic rings. The third-order valence-electron chi connectivity index (χ3n) is 3.53. The van der Waals surface area contributed by atoms with E-state index in [4.69, 9.17) is 21.1 Å². The van der Waals surface area contributed by atoms with Gasteiger partial charge >= 0.3 is 11.9 Å². The summed E-state index contributed by atoms with van der Waals surface area (Å²) >= 11 is 6.19. The average Bonchev–Trinajstić information content (AvgIpc) is 2.77. The van der Waals surface area contributed by atoms with E-state index in [-0.39, 0.29) is 36.6 Å². The second-order valence-corrected chi connectivity index (χ2v) is 6.13. The van der Waals surface area contributed by atoms with Gasteiger partial charge < -0.3 is 9.47 Å². The molecule has 4 nitrogen and oxygen atoms in total. The van der Waals surface area contributed by atoms with Gasteiger partial charge in [0.2, 0.25) is 0 Å². The van der Waals surface area contributed by atoms with E-state index in [2.05, 4.69) is 0 Å². The van der Waals surface area contributed by atoms with Gasteiger partial charge in [-0.15, -0.1) is 0 Å². The first-order chi connectivity index (χ1) is 9.86. The van der Waals surface area contributed by atoms with Crippen LogP contribution in [0.25, 0.3) is 0 Å². The Hall–Kier alpha value is -1.55. The molecule has 1 atom stereocenters. The smallest absolute Gasteiger partial charge is 0.311 e. The van der Waals surface area contributed by atoms with E-state index < -0.39 is 0 Å². The van der Waals surface area contributed by atoms with Crippen LogP contribution in [0.5, 0.6) is 5.75 Å². The van der Waals surface area contributed by atoms with Gasteiger partial charge in [0, 0.05) is 10.9 Å². The highest BCUT2D eigenvalue weighted by molar-refractivity contribution is 6.31. The predicted molar refractivity (Wildman–Crippen MR) is 79.6 cm³/mol. The maximum absolute atomic E-state index is 12.0. The summed E-state index contributed by atoms with van der Waals surface area (Å²) in [6.45, 7) is 6.21. The molecule has 1 saturated heterocycles. The molecular formula is C16H19ClO4. The van der Waals surface area contributed by atoms with Crippen LogP contribution in [-0.4, -0.2) is 18.5 Å². The highest BCUT2D eigenvalue weighted by Crippen LogP contribution is 2.32. The van der Waals surface area contributed by atoms with E-state index in [1.807, 2.05) is 32.9 Å². The van der Waals surface area contributed by atoms with Crippen LogP contribution in [0.15, 0.2) is 12.1 Å². The Morgan fingerprint density at radius 2 is 2.19 bits per heavy atom. The average molecular weight is 311 g/mol. The third kappa shape index (κ3) is 3.97. The number of esters is 2. The Bertz CT molecular complexity index is 566. The molecule has 1 fully saturated rings. The number of hydrogen-bond acceptors (Lipinski definition) is 4. The molecular weight excluding hydrogens is 292 g/mol. The molecule has 0 aliphatic carbocycles. The first-order valence-corrected chi connectivity index (χ1v) is 7.41. The van der Waals surface area contributed by atoms with Crippen LogP contribution in [0.2, 0.25) is 5.02 Å². The predicted octanol–water partition coefficient (Wildman–Crippen LogP) is 3.63. The SMILES string of the molecule is Cc1cc(Cl)c(C(C)C)cc1OC(=O)CC1COC(=O)C1. The highest BCUT2D eigenvalue weighted by Gasteiger charge is 2.27. The number of benzene rings is 1. The number of carbonyl (C=O) groups excluding carboxylic acids is 2. The Morgan fingerprint density at radius 3 is 2.76 bits per heavy atom. The van der Waals surface area contributed by atoms with E-state index >= 15 is 0 Å². The van der Waals surface area contributed by atoms with Gasteiger partial charge in [0.25, 0.3) is 0 Å². The fourth-order valence-corrected chi connectivity index (χ4v) is 2.75. The molecule has 0 bridgehead atoms. The maximum Gasteiger partial charge on any atom is 0.311 e. The van der Waals surface area contributed by atoms with Crippen molar-refractivity contribution in [3.63, 3.8) is 0 Å². The van der Waals surface area contributed by atoms with Gasteiger partial charge in [-0.2, -0.15) is 0 Å². The molecule has 5 heteroatoms. The van der Waals surface area contributed by atoms with E-state index in [1.165, 1.54) is 0 Å². The summed E-state index contributed by atoms with van der Waals surface area (Å²) in [7, 11) is 0. The van der Waals surface area contributed by atoms with Crippen LogP contribution < -0.4 is 4.74 Å². The zero-order valence-corrected chi connectivity index (χ0v) is 13.2. The molecule has 0 aromatic heterocycles. The second kappa shape index (κ2) is 6.48. The van der Waals surface area contributed by atoms with Gasteiger partial charge in [0.1, 0.15) is 5.75 Å². The normalized spacial score (nSPS) is 18.0. The number of halogens is 1. The van der Waals surface area contributed by atoms with Crippen molar-refractivity contribution in [2.24, 2.45) is 5.92 Å². The summed E-state index contributed by atoms with van der Waals surface area (Å²) in [5, 5.41) is 0.678. The molecule has 21 heavy (non-hydrogen) atoms. The van der Waals surface area contributed by atoms with Gasteiger partial charge in [0.05, 0.1) is 19.4 Å². The lowest BCUT2D eigenvalue weighted by atomic mass is 10.0. The summed E-state index contributed by atoms with van der Waals surface area (Å²) in [4.78, 5) is 23.0. The Balaban J connectivity index is 2.06. The molecule has 1 heterocycles. The number of rotatable bonds is 4. The van der Waals surface area contributed by atoms with Crippen molar-refractivity contribution < 1.29 is 19.1 Å². The van der Waals surface area contributed by atoms with Gasteiger partial charge in [-0.25, -0.2) is 0 Å². The molecule has 1 unspecified atom stereocenters. The van der Waals surface area contributed by atoms with Gasteiger partial charge in [0.15, 0.2) is 0 Å². The number of hydrogen-bond donors (Lipinski definition) is 0. The molecule has 0 N–H and O–H groups in total. The van der Waals surface area contributed by atoms with E-state index in [0.29, 0.717) is 17.4 Å². The van der Waals surface area contributed by atoms with Gasteiger partial charge in [-0.05, 0) is 36.1 Å². The largest absolute Gasteiger partial charge is 0.465 e. The number of cyclic esters (lactones) is 1. The Kier molecular flexibility index (Phi) is 4.88. The van der Waals surface area contributed by atoms with Gasteiger partial charge in [-0.1, -0.05) is 25.4 Å². The molecule has 2 rings (SSSR count). The molecule has 1 aliphatic heterocycles. The fourth-order valence-electron chi connectivity index (χ4n) is 2.32. The van der Waals surface area contributed by atoms with E-state index in [1.54, 1.807) is 0 Å². The molecule has 0 radical (unpaired) electrons. The summed E-state index contributed by atoms with van der Waals surface area (Å²) in [5.74, 6) is 0.0907. The van der Waals surface area contributed by atoms with Gasteiger partial charge in [-0.3, -0.25) is 9.59 Å². The quantitative estimate of drug-likeness (QED) is 0.629. The standard InChI is InChI=1S/C16H19ClO4/c1-9(2)12-7-14(10(3)4-13(12)17)21-16(19)6-11-5-15(18)20-8-11/h4,7,9,11H,5-6,8H2,1-3H3. The van der Waals surface area contributed by atoms with Crippen molar-refractivity contribution in [3.05, 3.63) is 28.3 Å². The summed E-state index contributed by atoms with van der Waals surface area (Å²) in [6.07, 6.45) is 0.469. The lowest BCUT2D eigenvalue weighted by molar-refractivity contribution is -0.138. The number of carbonyl (C=O) groups is 2. The molecule has 0 saturated carbocycles. The van der Waals surface area contributed by atoms with Crippen LogP contribution >= 0.6 is 11.6 Å². The van der Waals surface area contributed by atoms with Crippen molar-refractivity contribution in [1.29, 1.82) is 0 Å². The minimum absolute atomic E-state index is 0.0813. The molecule has 0 amide bonds. The zero-order chi connectivity index (χ0) is 15.6. The fraction of sp³-hybridized carbons (Fsp3) is 0.500. The topological polar surface area (TPSA) is 52.6 Å². The minimum Gasteiger partial charge on any atom is -0.465 e. The van der Waals surface area contributed by atoms with Crippen LogP contribution in [0, 0.1) is 12.8 Å². The van der Waals surface area contributed by atoms with Crippen molar-refractivity contribution in [3.8, 4) is 5.75 Å². The van der Waals surface area contributed by atoms with Crippen LogP contribution in [0.4, 0.5) is 0 Å². The summed E-state index contributed by atoms with van der Waals surface area (Å²) in [6, 6.07) is 3.62. The third-order valence-corrected chi connectivity index (χ3v) is 3.86. The number of ether oxygens (including phenoxy) is 2. The molecule has 114 valence electrons. The minimum atomic E-state index is -0.349. The highest BCUT2D eigenvalue weighted by atomic mass is 35.5. The van der Waals surface area contributed by atoms with Crippen molar-refractivity contribution >= 4 is 23.5 Å². The summed E-state index contributed by atoms with van der Waals surface area (Å²) in [5.41, 5.74) is 1.76. The summed E-state index contributed by atoms with van der Waals surface area (Å²) < 4.78 is 10.3.